The summed E-state index contributed by atoms with van der Waals surface area (Å²) in [7, 11) is 0. The van der Waals surface area contributed by atoms with Crippen LogP contribution in [-0.2, 0) is 4.79 Å². The first-order valence-corrected chi connectivity index (χ1v) is 8.50. The van der Waals surface area contributed by atoms with Gasteiger partial charge >= 0.3 is 0 Å². The Bertz CT molecular complexity index is 218. The van der Waals surface area contributed by atoms with E-state index in [1.165, 1.54) is 64.2 Å². The Morgan fingerprint density at radius 3 is 1.89 bits per heavy atom. The number of ketones is 1. The van der Waals surface area contributed by atoms with Crippen LogP contribution in [0.4, 0.5) is 0 Å². The van der Waals surface area contributed by atoms with Gasteiger partial charge < -0.3 is 0 Å². The third kappa shape index (κ3) is 15.4. The molecule has 0 aliphatic heterocycles. The molecule has 0 saturated heterocycles. The SMILES string of the molecule is CCCCCCC=CC(=O)CCCCCCCCC. The number of hydrogen-bond donors (Lipinski definition) is 0. The molecular formula is C18H34O. The van der Waals surface area contributed by atoms with Crippen molar-refractivity contribution in [3.8, 4) is 0 Å². The zero-order valence-electron chi connectivity index (χ0n) is 13.3. The number of carbonyl (C=O) groups excluding carboxylic acids is 1. The molecule has 19 heavy (non-hydrogen) atoms. The summed E-state index contributed by atoms with van der Waals surface area (Å²) in [6, 6.07) is 0. The fourth-order valence-corrected chi connectivity index (χ4v) is 2.24. The predicted molar refractivity (Wildman–Crippen MR) is 85.5 cm³/mol. The number of hydrogen-bond acceptors (Lipinski definition) is 1. The molecule has 0 heterocycles. The Morgan fingerprint density at radius 1 is 0.737 bits per heavy atom. The smallest absolute Gasteiger partial charge is 0.155 e. The van der Waals surface area contributed by atoms with Gasteiger partial charge in [-0.2, -0.15) is 0 Å². The molecule has 0 amide bonds. The highest BCUT2D eigenvalue weighted by Gasteiger charge is 1.97. The molecule has 0 radical (unpaired) electrons. The molecule has 0 rings (SSSR count). The zero-order chi connectivity index (χ0) is 14.2. The quantitative estimate of drug-likeness (QED) is 0.269. The molecule has 0 bridgehead atoms. The predicted octanol–water partition coefficient (Wildman–Crippen LogP) is 6.22. The Balaban J connectivity index is 3.26. The van der Waals surface area contributed by atoms with Crippen LogP contribution < -0.4 is 0 Å². The molecule has 0 aromatic heterocycles. The highest BCUT2D eigenvalue weighted by molar-refractivity contribution is 5.89. The van der Waals surface area contributed by atoms with Crippen molar-refractivity contribution in [1.29, 1.82) is 0 Å². The van der Waals surface area contributed by atoms with Crippen molar-refractivity contribution in [1.82, 2.24) is 0 Å². The van der Waals surface area contributed by atoms with Gasteiger partial charge in [-0.15, -0.1) is 0 Å². The van der Waals surface area contributed by atoms with Crippen molar-refractivity contribution < 1.29 is 4.79 Å². The standard InChI is InChI=1S/C18H34O/c1-3-5-7-9-11-13-15-17-18(19)16-14-12-10-8-6-4-2/h14,16H,3-13,15,17H2,1-2H3. The summed E-state index contributed by atoms with van der Waals surface area (Å²) in [4.78, 5) is 11.6. The van der Waals surface area contributed by atoms with E-state index in [2.05, 4.69) is 19.9 Å². The van der Waals surface area contributed by atoms with Crippen molar-refractivity contribution in [3.05, 3.63) is 12.2 Å². The average Bonchev–Trinajstić information content (AvgIpc) is 2.41. The minimum absolute atomic E-state index is 0.323. The number of carbonyl (C=O) groups is 1. The molecule has 0 N–H and O–H groups in total. The van der Waals surface area contributed by atoms with Gasteiger partial charge in [-0.25, -0.2) is 0 Å². The van der Waals surface area contributed by atoms with Crippen LogP contribution in [0.25, 0.3) is 0 Å². The van der Waals surface area contributed by atoms with E-state index in [1.54, 1.807) is 0 Å². The molecule has 0 aliphatic carbocycles. The van der Waals surface area contributed by atoms with Gasteiger partial charge in [0.15, 0.2) is 5.78 Å². The maximum atomic E-state index is 11.6. The lowest BCUT2D eigenvalue weighted by Gasteiger charge is -1.99. The Morgan fingerprint density at radius 2 is 1.26 bits per heavy atom. The number of unbranched alkanes of at least 4 members (excludes halogenated alkanes) is 10. The van der Waals surface area contributed by atoms with Crippen LogP contribution in [0.2, 0.25) is 0 Å². The van der Waals surface area contributed by atoms with Crippen LogP contribution in [0.1, 0.15) is 97.3 Å². The summed E-state index contributed by atoms with van der Waals surface area (Å²) in [6.45, 7) is 4.47. The summed E-state index contributed by atoms with van der Waals surface area (Å²) < 4.78 is 0. The van der Waals surface area contributed by atoms with Gasteiger partial charge in [-0.3, -0.25) is 4.79 Å². The second-order valence-corrected chi connectivity index (χ2v) is 5.59. The van der Waals surface area contributed by atoms with Crippen LogP contribution in [0.3, 0.4) is 0 Å². The van der Waals surface area contributed by atoms with E-state index in [0.29, 0.717) is 5.78 Å². The van der Waals surface area contributed by atoms with Crippen LogP contribution in [-0.4, -0.2) is 5.78 Å². The fraction of sp³-hybridized carbons (Fsp3) is 0.833. The molecule has 0 aromatic carbocycles. The summed E-state index contributed by atoms with van der Waals surface area (Å²) in [5.41, 5.74) is 0. The topological polar surface area (TPSA) is 17.1 Å². The molecule has 0 aliphatic rings. The number of rotatable bonds is 14. The summed E-state index contributed by atoms with van der Waals surface area (Å²) in [5.74, 6) is 0.323. The number of allylic oxidation sites excluding steroid dienone is 2. The molecule has 0 saturated carbocycles. The van der Waals surface area contributed by atoms with E-state index in [4.69, 9.17) is 0 Å². The third-order valence-corrected chi connectivity index (χ3v) is 3.55. The Kier molecular flexibility index (Phi) is 15.0. The van der Waals surface area contributed by atoms with Crippen LogP contribution in [0, 0.1) is 0 Å². The Labute approximate surface area is 120 Å². The normalized spacial score (nSPS) is 11.3. The van der Waals surface area contributed by atoms with E-state index >= 15 is 0 Å². The van der Waals surface area contributed by atoms with E-state index in [9.17, 15) is 4.79 Å². The molecule has 1 heteroatoms. The van der Waals surface area contributed by atoms with Crippen LogP contribution in [0.15, 0.2) is 12.2 Å². The van der Waals surface area contributed by atoms with Crippen molar-refractivity contribution in [3.63, 3.8) is 0 Å². The first-order chi connectivity index (χ1) is 9.31. The lowest BCUT2D eigenvalue weighted by molar-refractivity contribution is -0.114. The van der Waals surface area contributed by atoms with E-state index in [1.807, 2.05) is 6.08 Å². The third-order valence-electron chi connectivity index (χ3n) is 3.55. The minimum Gasteiger partial charge on any atom is -0.295 e. The second-order valence-electron chi connectivity index (χ2n) is 5.59. The first-order valence-electron chi connectivity index (χ1n) is 8.50. The van der Waals surface area contributed by atoms with Crippen molar-refractivity contribution in [2.75, 3.05) is 0 Å². The van der Waals surface area contributed by atoms with Gasteiger partial charge in [0.05, 0.1) is 0 Å². The highest BCUT2D eigenvalue weighted by atomic mass is 16.1. The summed E-state index contributed by atoms with van der Waals surface area (Å²) >= 11 is 0. The average molecular weight is 266 g/mol. The largest absolute Gasteiger partial charge is 0.295 e. The summed E-state index contributed by atoms with van der Waals surface area (Å²) in [5, 5.41) is 0. The van der Waals surface area contributed by atoms with Crippen molar-refractivity contribution in [2.45, 2.75) is 97.3 Å². The molecule has 0 spiro atoms. The lowest BCUT2D eigenvalue weighted by Crippen LogP contribution is -1.92. The molecule has 1 nitrogen and oxygen atoms in total. The molecular weight excluding hydrogens is 232 g/mol. The van der Waals surface area contributed by atoms with Crippen LogP contribution in [0.5, 0.6) is 0 Å². The second kappa shape index (κ2) is 15.5. The van der Waals surface area contributed by atoms with Gasteiger partial charge in [0, 0.05) is 6.42 Å². The highest BCUT2D eigenvalue weighted by Crippen LogP contribution is 2.09. The monoisotopic (exact) mass is 266 g/mol. The maximum absolute atomic E-state index is 11.6. The van der Waals surface area contributed by atoms with Gasteiger partial charge in [0.1, 0.15) is 0 Å². The fourth-order valence-electron chi connectivity index (χ4n) is 2.24. The van der Waals surface area contributed by atoms with E-state index in [0.717, 1.165) is 19.3 Å². The van der Waals surface area contributed by atoms with E-state index in [-0.39, 0.29) is 0 Å². The molecule has 0 unspecified atom stereocenters. The van der Waals surface area contributed by atoms with Gasteiger partial charge in [0.2, 0.25) is 0 Å². The molecule has 112 valence electrons. The zero-order valence-corrected chi connectivity index (χ0v) is 13.3. The first kappa shape index (κ1) is 18.4. The van der Waals surface area contributed by atoms with Crippen molar-refractivity contribution in [2.24, 2.45) is 0 Å². The minimum atomic E-state index is 0.323. The van der Waals surface area contributed by atoms with Gasteiger partial charge in [-0.05, 0) is 25.3 Å². The van der Waals surface area contributed by atoms with Crippen LogP contribution >= 0.6 is 0 Å². The lowest BCUT2D eigenvalue weighted by atomic mass is 10.1. The van der Waals surface area contributed by atoms with E-state index < -0.39 is 0 Å². The maximum Gasteiger partial charge on any atom is 0.155 e. The summed E-state index contributed by atoms with van der Waals surface area (Å²) in [6.07, 6.45) is 19.8. The van der Waals surface area contributed by atoms with Gasteiger partial charge in [-0.1, -0.05) is 77.7 Å². The van der Waals surface area contributed by atoms with Crippen molar-refractivity contribution >= 4 is 5.78 Å². The molecule has 0 fully saturated rings. The molecule has 0 aromatic rings. The molecule has 0 atom stereocenters. The van der Waals surface area contributed by atoms with Gasteiger partial charge in [0.25, 0.3) is 0 Å². The Hall–Kier alpha value is -0.590.